The molecule has 1 fully saturated rings. The van der Waals surface area contributed by atoms with Crippen LogP contribution in [0.1, 0.15) is 18.4 Å². The zero-order chi connectivity index (χ0) is 21.8. The van der Waals surface area contributed by atoms with Gasteiger partial charge in [-0.2, -0.15) is 0 Å². The van der Waals surface area contributed by atoms with Crippen molar-refractivity contribution in [2.75, 3.05) is 31.7 Å². The summed E-state index contributed by atoms with van der Waals surface area (Å²) in [5, 5.41) is 2.90. The van der Waals surface area contributed by atoms with Gasteiger partial charge < -0.3 is 14.8 Å². The summed E-state index contributed by atoms with van der Waals surface area (Å²) in [6.45, 7) is 1.18. The number of benzene rings is 2. The zero-order valence-electron chi connectivity index (χ0n) is 17.1. The van der Waals surface area contributed by atoms with Gasteiger partial charge in [-0.15, -0.1) is 0 Å². The van der Waals surface area contributed by atoms with Gasteiger partial charge in [0.1, 0.15) is 12.3 Å². The van der Waals surface area contributed by atoms with Gasteiger partial charge in [0.05, 0.1) is 28.3 Å². The maximum atomic E-state index is 13.3. The second-order valence-electron chi connectivity index (χ2n) is 7.30. The molecule has 31 heavy (non-hydrogen) atoms. The zero-order valence-corrected chi connectivity index (χ0v) is 19.5. The van der Waals surface area contributed by atoms with Crippen LogP contribution in [0.4, 0.5) is 5.69 Å². The molecule has 1 unspecified atom stereocenters. The predicted molar refractivity (Wildman–Crippen MR) is 125 cm³/mol. The van der Waals surface area contributed by atoms with E-state index in [1.54, 1.807) is 12.0 Å². The van der Waals surface area contributed by atoms with Crippen LogP contribution in [0.3, 0.4) is 0 Å². The standard InChI is InChI=1S/C23H23BrN2O4S/c1-29-19-9-8-15(11-17(19)24)12-21-23(28)26(18-6-2-3-7-20(18)31-21)14-22(27)25-13-16-5-4-10-30-16/h2-3,6-9,11-12,16H,4-5,10,13-14H2,1H3,(H,25,27)/b21-12-. The highest BCUT2D eigenvalue weighted by molar-refractivity contribution is 9.10. The highest BCUT2D eigenvalue weighted by Gasteiger charge is 2.30. The number of carbonyl (C=O) groups excluding carboxylic acids is 2. The highest BCUT2D eigenvalue weighted by Crippen LogP contribution is 2.42. The van der Waals surface area contributed by atoms with Crippen LogP contribution in [0.2, 0.25) is 0 Å². The predicted octanol–water partition coefficient (Wildman–Crippen LogP) is 4.23. The number of anilines is 1. The van der Waals surface area contributed by atoms with Crippen LogP contribution in [0.15, 0.2) is 56.7 Å². The molecule has 1 saturated heterocycles. The number of para-hydroxylation sites is 1. The summed E-state index contributed by atoms with van der Waals surface area (Å²) in [6.07, 6.45) is 3.87. The second kappa shape index (κ2) is 9.89. The maximum absolute atomic E-state index is 13.3. The summed E-state index contributed by atoms with van der Waals surface area (Å²) in [5.74, 6) is 0.333. The van der Waals surface area contributed by atoms with Crippen LogP contribution < -0.4 is 15.0 Å². The molecule has 2 heterocycles. The number of halogens is 1. The van der Waals surface area contributed by atoms with E-state index in [0.717, 1.165) is 45.8 Å². The number of hydrogen-bond acceptors (Lipinski definition) is 5. The van der Waals surface area contributed by atoms with Crippen LogP contribution in [-0.4, -0.2) is 44.7 Å². The number of carbonyl (C=O) groups is 2. The van der Waals surface area contributed by atoms with Gasteiger partial charge in [-0.05, 0) is 64.7 Å². The van der Waals surface area contributed by atoms with E-state index >= 15 is 0 Å². The van der Waals surface area contributed by atoms with Crippen LogP contribution in [0.5, 0.6) is 5.75 Å². The maximum Gasteiger partial charge on any atom is 0.265 e. The Balaban J connectivity index is 1.55. The average molecular weight is 503 g/mol. The monoisotopic (exact) mass is 502 g/mol. The van der Waals surface area contributed by atoms with Gasteiger partial charge >= 0.3 is 0 Å². The van der Waals surface area contributed by atoms with Gasteiger partial charge in [0.15, 0.2) is 0 Å². The summed E-state index contributed by atoms with van der Waals surface area (Å²) in [7, 11) is 1.61. The molecule has 2 amide bonds. The minimum atomic E-state index is -0.197. The first-order valence-corrected chi connectivity index (χ1v) is 11.7. The second-order valence-corrected chi connectivity index (χ2v) is 9.24. The number of methoxy groups -OCH3 is 1. The first-order valence-electron chi connectivity index (χ1n) is 10.1. The third-order valence-electron chi connectivity index (χ3n) is 5.16. The molecule has 1 atom stereocenters. The van der Waals surface area contributed by atoms with Crippen LogP contribution in [-0.2, 0) is 14.3 Å². The normalized spacial score (nSPS) is 19.4. The van der Waals surface area contributed by atoms with Crippen molar-refractivity contribution < 1.29 is 19.1 Å². The summed E-state index contributed by atoms with van der Waals surface area (Å²) in [4.78, 5) is 28.9. The topological polar surface area (TPSA) is 67.9 Å². The lowest BCUT2D eigenvalue weighted by Crippen LogP contribution is -2.44. The molecule has 1 N–H and O–H groups in total. The minimum absolute atomic E-state index is 0.0349. The molecule has 0 radical (unpaired) electrons. The van der Waals surface area contributed by atoms with Crippen molar-refractivity contribution in [2.45, 2.75) is 23.8 Å². The van der Waals surface area contributed by atoms with E-state index < -0.39 is 0 Å². The van der Waals surface area contributed by atoms with Crippen molar-refractivity contribution in [3.8, 4) is 5.75 Å². The average Bonchev–Trinajstić information content (AvgIpc) is 3.29. The lowest BCUT2D eigenvalue weighted by atomic mass is 10.2. The smallest absolute Gasteiger partial charge is 0.265 e. The Morgan fingerprint density at radius 1 is 1.35 bits per heavy atom. The SMILES string of the molecule is COc1ccc(/C=C2\Sc3ccccc3N(CC(=O)NCC3CCCO3)C2=O)cc1Br. The van der Waals surface area contributed by atoms with E-state index in [9.17, 15) is 9.59 Å². The molecule has 162 valence electrons. The van der Waals surface area contributed by atoms with Crippen LogP contribution in [0, 0.1) is 0 Å². The Kier molecular flexibility index (Phi) is 6.99. The molecule has 8 heteroatoms. The number of fused-ring (bicyclic) bond motifs is 1. The number of nitrogens with one attached hydrogen (secondary N) is 1. The van der Waals surface area contributed by atoms with Crippen molar-refractivity contribution in [3.63, 3.8) is 0 Å². The molecule has 2 aliphatic heterocycles. The third kappa shape index (κ3) is 5.14. The van der Waals surface area contributed by atoms with Gasteiger partial charge in [0.2, 0.25) is 5.91 Å². The van der Waals surface area contributed by atoms with Crippen molar-refractivity contribution in [2.24, 2.45) is 0 Å². The van der Waals surface area contributed by atoms with Crippen LogP contribution >= 0.6 is 27.7 Å². The molecule has 2 aromatic carbocycles. The Bertz CT molecular complexity index is 1020. The molecule has 2 aliphatic rings. The Morgan fingerprint density at radius 3 is 2.94 bits per heavy atom. The minimum Gasteiger partial charge on any atom is -0.496 e. The largest absolute Gasteiger partial charge is 0.496 e. The molecular weight excluding hydrogens is 480 g/mol. The number of hydrogen-bond donors (Lipinski definition) is 1. The molecule has 0 spiro atoms. The molecular formula is C23H23BrN2O4S. The van der Waals surface area contributed by atoms with E-state index in [1.165, 1.54) is 11.8 Å². The summed E-state index contributed by atoms with van der Waals surface area (Å²) < 4.78 is 11.6. The van der Waals surface area contributed by atoms with Crippen LogP contribution in [0.25, 0.3) is 6.08 Å². The van der Waals surface area contributed by atoms with Gasteiger partial charge in [0, 0.05) is 18.0 Å². The number of ether oxygens (including phenoxy) is 2. The van der Waals surface area contributed by atoms with E-state index in [0.29, 0.717) is 11.4 Å². The lowest BCUT2D eigenvalue weighted by molar-refractivity contribution is -0.122. The fourth-order valence-corrected chi connectivity index (χ4v) is 5.19. The fourth-order valence-electron chi connectivity index (χ4n) is 3.58. The Morgan fingerprint density at radius 2 is 2.19 bits per heavy atom. The molecule has 2 aromatic rings. The number of thioether (sulfide) groups is 1. The van der Waals surface area contributed by atoms with E-state index in [4.69, 9.17) is 9.47 Å². The van der Waals surface area contributed by atoms with Gasteiger partial charge in [-0.1, -0.05) is 30.0 Å². The Labute approximate surface area is 194 Å². The molecule has 4 rings (SSSR count). The van der Waals surface area contributed by atoms with Gasteiger partial charge in [-0.3, -0.25) is 14.5 Å². The first-order chi connectivity index (χ1) is 15.0. The highest BCUT2D eigenvalue weighted by atomic mass is 79.9. The van der Waals surface area contributed by atoms with E-state index in [2.05, 4.69) is 21.2 Å². The van der Waals surface area contributed by atoms with Crippen molar-refractivity contribution in [1.82, 2.24) is 5.32 Å². The van der Waals surface area contributed by atoms with Gasteiger partial charge in [-0.25, -0.2) is 0 Å². The van der Waals surface area contributed by atoms with Crippen molar-refractivity contribution >= 4 is 51.3 Å². The van der Waals surface area contributed by atoms with E-state index in [-0.39, 0.29) is 24.5 Å². The number of nitrogens with zero attached hydrogens (tertiary/aromatic N) is 1. The number of rotatable bonds is 6. The van der Waals surface area contributed by atoms with Gasteiger partial charge in [0.25, 0.3) is 5.91 Å². The molecule has 0 aliphatic carbocycles. The summed E-state index contributed by atoms with van der Waals surface area (Å²) >= 11 is 4.90. The third-order valence-corrected chi connectivity index (χ3v) is 6.86. The number of amides is 2. The summed E-state index contributed by atoms with van der Waals surface area (Å²) in [5.41, 5.74) is 1.61. The van der Waals surface area contributed by atoms with Crippen molar-refractivity contribution in [3.05, 3.63) is 57.4 Å². The molecule has 0 saturated carbocycles. The van der Waals surface area contributed by atoms with E-state index in [1.807, 2.05) is 48.5 Å². The summed E-state index contributed by atoms with van der Waals surface area (Å²) in [6, 6.07) is 13.3. The molecule has 6 nitrogen and oxygen atoms in total. The fraction of sp³-hybridized carbons (Fsp3) is 0.304. The first kappa shape index (κ1) is 21.9. The molecule has 0 aromatic heterocycles. The molecule has 0 bridgehead atoms. The quantitative estimate of drug-likeness (QED) is 0.598. The lowest BCUT2D eigenvalue weighted by Gasteiger charge is -2.30. The Hall–Kier alpha value is -2.29. The van der Waals surface area contributed by atoms with Crippen molar-refractivity contribution in [1.29, 1.82) is 0 Å².